The Hall–Kier alpha value is -2.79. The Kier molecular flexibility index (Phi) is 7.20. The zero-order valence-electron chi connectivity index (χ0n) is 13.8. The normalized spacial score (nSPS) is 11.7. The number of hydrogen-bond donors (Lipinski definition) is 2. The molecule has 0 bridgehead atoms. The van der Waals surface area contributed by atoms with E-state index in [-0.39, 0.29) is 37.2 Å². The zero-order valence-corrected chi connectivity index (χ0v) is 13.8. The molecule has 6 nitrogen and oxygen atoms in total. The van der Waals surface area contributed by atoms with Crippen molar-refractivity contribution in [1.82, 2.24) is 10.6 Å². The van der Waals surface area contributed by atoms with Crippen molar-refractivity contribution in [3.8, 4) is 0 Å². The Balaban J connectivity index is 2.79. The van der Waals surface area contributed by atoms with Crippen LogP contribution in [-0.4, -0.2) is 37.5 Å². The molecule has 27 heavy (non-hydrogen) atoms. The summed E-state index contributed by atoms with van der Waals surface area (Å²) in [6.45, 7) is 0.389. The fourth-order valence-electron chi connectivity index (χ4n) is 1.78. The van der Waals surface area contributed by atoms with Gasteiger partial charge in [0.05, 0.1) is 16.7 Å². The van der Waals surface area contributed by atoms with E-state index in [9.17, 15) is 40.7 Å². The van der Waals surface area contributed by atoms with Crippen LogP contribution < -0.4 is 10.6 Å². The average Bonchev–Trinajstić information content (AvgIpc) is 2.54. The predicted molar refractivity (Wildman–Crippen MR) is 78.4 cm³/mol. The summed E-state index contributed by atoms with van der Waals surface area (Å²) in [6, 6.07) is 0.268. The van der Waals surface area contributed by atoms with Gasteiger partial charge in [-0.15, -0.1) is 0 Å². The van der Waals surface area contributed by atoms with E-state index in [0.29, 0.717) is 0 Å². The van der Waals surface area contributed by atoms with Crippen LogP contribution in [0.5, 0.6) is 0 Å². The fourth-order valence-corrected chi connectivity index (χ4v) is 1.78. The summed E-state index contributed by atoms with van der Waals surface area (Å²) in [5.74, 6) is -2.72. The molecule has 0 aromatic heterocycles. The number of nitrogens with one attached hydrogen (secondary N) is 2. The Morgan fingerprint density at radius 2 is 1.37 bits per heavy atom. The van der Waals surface area contributed by atoms with E-state index < -0.39 is 47.5 Å². The quantitative estimate of drug-likeness (QED) is 0.435. The van der Waals surface area contributed by atoms with Gasteiger partial charge in [0.15, 0.2) is 6.61 Å². The van der Waals surface area contributed by atoms with E-state index in [4.69, 9.17) is 0 Å². The molecule has 0 spiro atoms. The molecule has 0 aliphatic heterocycles. The van der Waals surface area contributed by atoms with Crippen LogP contribution in [0, 0.1) is 0 Å². The molecule has 0 heterocycles. The second-order valence-corrected chi connectivity index (χ2v) is 5.20. The number of hydrogen-bond acceptors (Lipinski definition) is 4. The summed E-state index contributed by atoms with van der Waals surface area (Å²) < 4.78 is 80.8. The highest BCUT2D eigenvalue weighted by Gasteiger charge is 2.37. The molecule has 0 aliphatic carbocycles. The van der Waals surface area contributed by atoms with E-state index in [2.05, 4.69) is 15.4 Å². The van der Waals surface area contributed by atoms with Crippen LogP contribution in [0.25, 0.3) is 0 Å². The van der Waals surface area contributed by atoms with Crippen molar-refractivity contribution in [2.45, 2.75) is 19.3 Å². The van der Waals surface area contributed by atoms with Gasteiger partial charge in [-0.3, -0.25) is 9.59 Å². The van der Waals surface area contributed by atoms with Crippen molar-refractivity contribution >= 4 is 17.8 Å². The number of benzene rings is 1. The molecule has 0 radical (unpaired) electrons. The highest BCUT2D eigenvalue weighted by molar-refractivity contribution is 5.91. The first-order valence-corrected chi connectivity index (χ1v) is 7.28. The highest BCUT2D eigenvalue weighted by atomic mass is 19.4. The van der Waals surface area contributed by atoms with Gasteiger partial charge in [-0.25, -0.2) is 4.79 Å². The van der Waals surface area contributed by atoms with Gasteiger partial charge in [0.2, 0.25) is 5.91 Å². The van der Waals surface area contributed by atoms with Gasteiger partial charge < -0.3 is 15.4 Å². The Labute approximate surface area is 148 Å². The Morgan fingerprint density at radius 3 is 1.81 bits per heavy atom. The first-order valence-electron chi connectivity index (χ1n) is 7.28. The van der Waals surface area contributed by atoms with E-state index in [1.807, 2.05) is 0 Å². The van der Waals surface area contributed by atoms with Crippen LogP contribution in [-0.2, 0) is 26.7 Å². The molecule has 0 aliphatic rings. The summed E-state index contributed by atoms with van der Waals surface area (Å²) >= 11 is 0. The number of rotatable bonds is 6. The molecule has 0 saturated heterocycles. The van der Waals surface area contributed by atoms with E-state index in [1.54, 1.807) is 0 Å². The Morgan fingerprint density at radius 1 is 0.889 bits per heavy atom. The van der Waals surface area contributed by atoms with E-state index in [0.717, 1.165) is 0 Å². The summed E-state index contributed by atoms with van der Waals surface area (Å²) in [4.78, 5) is 33.8. The summed E-state index contributed by atoms with van der Waals surface area (Å²) in [6.07, 6.45) is -10.2. The number of alkyl halides is 6. The third kappa shape index (κ3) is 7.54. The monoisotopic (exact) mass is 400 g/mol. The summed E-state index contributed by atoms with van der Waals surface area (Å²) in [5.41, 5.74) is -4.35. The van der Waals surface area contributed by atoms with Crippen LogP contribution >= 0.6 is 0 Å². The van der Waals surface area contributed by atoms with Crippen LogP contribution in [0.2, 0.25) is 0 Å². The summed E-state index contributed by atoms with van der Waals surface area (Å²) in [7, 11) is 0. The zero-order chi connectivity index (χ0) is 20.8. The lowest BCUT2D eigenvalue weighted by Gasteiger charge is -2.14. The molecule has 1 aromatic carbocycles. The third-order valence-corrected chi connectivity index (χ3v) is 2.98. The molecule has 0 saturated carbocycles. The van der Waals surface area contributed by atoms with E-state index >= 15 is 0 Å². The molecule has 150 valence electrons. The number of carbonyl (C=O) groups excluding carboxylic acids is 3. The van der Waals surface area contributed by atoms with Crippen LogP contribution in [0.4, 0.5) is 26.3 Å². The van der Waals surface area contributed by atoms with Crippen LogP contribution in [0.15, 0.2) is 18.2 Å². The lowest BCUT2D eigenvalue weighted by molar-refractivity contribution is -0.143. The first kappa shape index (κ1) is 22.3. The van der Waals surface area contributed by atoms with Crippen LogP contribution in [0.3, 0.4) is 0 Å². The standard InChI is InChI=1S/C15H14F6N2O4/c1-8(24)22-2-3-23-12(25)7-27-13(26)9-4-10(14(16,17)18)6-11(5-9)15(19,20)21/h4-6H,2-3,7H2,1H3,(H,22,24)(H,23,25). The highest BCUT2D eigenvalue weighted by Crippen LogP contribution is 2.36. The van der Waals surface area contributed by atoms with Crippen LogP contribution in [0.1, 0.15) is 28.4 Å². The van der Waals surface area contributed by atoms with E-state index in [1.165, 1.54) is 6.92 Å². The molecular formula is C15H14F6N2O4. The SMILES string of the molecule is CC(=O)NCCNC(=O)COC(=O)c1cc(C(F)(F)F)cc(C(F)(F)F)c1. The van der Waals surface area contributed by atoms with Crippen molar-refractivity contribution in [3.63, 3.8) is 0 Å². The van der Waals surface area contributed by atoms with Gasteiger partial charge in [-0.1, -0.05) is 0 Å². The number of ether oxygens (including phenoxy) is 1. The van der Waals surface area contributed by atoms with Gasteiger partial charge in [0.25, 0.3) is 5.91 Å². The molecule has 12 heteroatoms. The van der Waals surface area contributed by atoms with Gasteiger partial charge in [0.1, 0.15) is 0 Å². The maximum Gasteiger partial charge on any atom is 0.416 e. The number of esters is 1. The smallest absolute Gasteiger partial charge is 0.416 e. The number of carbonyl (C=O) groups is 3. The minimum Gasteiger partial charge on any atom is -0.452 e. The number of halogens is 6. The molecule has 1 aromatic rings. The minimum atomic E-state index is -5.11. The third-order valence-electron chi connectivity index (χ3n) is 2.98. The lowest BCUT2D eigenvalue weighted by Crippen LogP contribution is -2.35. The molecule has 0 atom stereocenters. The first-order chi connectivity index (χ1) is 12.3. The Bertz CT molecular complexity index is 683. The van der Waals surface area contributed by atoms with Gasteiger partial charge in [-0.05, 0) is 18.2 Å². The van der Waals surface area contributed by atoms with Gasteiger partial charge >= 0.3 is 18.3 Å². The number of amides is 2. The van der Waals surface area contributed by atoms with Gasteiger partial charge in [0, 0.05) is 20.0 Å². The minimum absolute atomic E-state index is 0.0161. The molecule has 2 amide bonds. The topological polar surface area (TPSA) is 84.5 Å². The van der Waals surface area contributed by atoms with Crippen molar-refractivity contribution in [2.24, 2.45) is 0 Å². The molecule has 0 unspecified atom stereocenters. The molecular weight excluding hydrogens is 386 g/mol. The van der Waals surface area contributed by atoms with Crippen molar-refractivity contribution in [2.75, 3.05) is 19.7 Å². The second-order valence-electron chi connectivity index (χ2n) is 5.20. The fraction of sp³-hybridized carbons (Fsp3) is 0.400. The maximum atomic E-state index is 12.7. The molecule has 1 rings (SSSR count). The lowest BCUT2D eigenvalue weighted by atomic mass is 10.0. The van der Waals surface area contributed by atoms with Crippen molar-refractivity contribution in [1.29, 1.82) is 0 Å². The molecule has 2 N–H and O–H groups in total. The molecule has 0 fully saturated rings. The second kappa shape index (κ2) is 8.73. The largest absolute Gasteiger partial charge is 0.452 e. The maximum absolute atomic E-state index is 12.7. The summed E-state index contributed by atoms with van der Waals surface area (Å²) in [5, 5.41) is 4.58. The average molecular weight is 400 g/mol. The van der Waals surface area contributed by atoms with Crippen molar-refractivity contribution in [3.05, 3.63) is 34.9 Å². The van der Waals surface area contributed by atoms with Crippen molar-refractivity contribution < 1.29 is 45.5 Å². The predicted octanol–water partition coefficient (Wildman–Crippen LogP) is 2.13. The van der Waals surface area contributed by atoms with Gasteiger partial charge in [-0.2, -0.15) is 26.3 Å².